The third-order valence-electron chi connectivity index (χ3n) is 3.29. The number of hydrogen-bond acceptors (Lipinski definition) is 2. The fourth-order valence-electron chi connectivity index (χ4n) is 2.21. The van der Waals surface area contributed by atoms with Gasteiger partial charge in [-0.15, -0.1) is 6.08 Å². The average molecular weight is 421 g/mol. The molecule has 0 radical (unpaired) electrons. The standard InChI is InChI=1S/C19H14N4.Co.4H2N/c1-3-14(20)10-15-6-7-18(22-15)12-19-9-8-17(23-19)11-16-5-4-13(2)21-16;;;;;/h1-12,20,22H;;4*1H2/q-2;;4*-1. The van der Waals surface area contributed by atoms with E-state index in [2.05, 4.69) is 30.3 Å². The van der Waals surface area contributed by atoms with Crippen LogP contribution in [0, 0.1) is 6.58 Å². The zero-order chi connectivity index (χ0) is 16.9. The Labute approximate surface area is 173 Å². The predicted octanol–water partition coefficient (Wildman–Crippen LogP) is 6.86. The molecule has 0 fully saturated rings. The van der Waals surface area contributed by atoms with Crippen LogP contribution in [0.3, 0.4) is 0 Å². The number of aromatic nitrogens is 1. The number of aliphatic imine (C=N–C) groups is 2. The molecule has 1 aromatic rings. The summed E-state index contributed by atoms with van der Waals surface area (Å²) < 4.78 is 0. The monoisotopic (exact) mass is 421 g/mol. The number of hydrogen-bond donors (Lipinski definition) is 1. The van der Waals surface area contributed by atoms with E-state index >= 15 is 0 Å². The van der Waals surface area contributed by atoms with Gasteiger partial charge < -0.3 is 36.0 Å². The van der Waals surface area contributed by atoms with Gasteiger partial charge in [-0.2, -0.15) is 0 Å². The number of rotatable bonds is 5. The van der Waals surface area contributed by atoms with Crippen molar-refractivity contribution in [3.63, 3.8) is 0 Å². The van der Waals surface area contributed by atoms with E-state index in [1.165, 1.54) is 6.08 Å². The van der Waals surface area contributed by atoms with Gasteiger partial charge in [-0.1, -0.05) is 0 Å². The van der Waals surface area contributed by atoms with Gasteiger partial charge in [-0.05, 0) is 0 Å². The normalized spacial score (nSPS) is 17.1. The molecule has 0 bridgehead atoms. The molecule has 2 aliphatic heterocycles. The van der Waals surface area contributed by atoms with Crippen LogP contribution >= 0.6 is 0 Å². The minimum absolute atomic E-state index is 0. The number of aromatic amines is 1. The summed E-state index contributed by atoms with van der Waals surface area (Å²) in [5.41, 5.74) is 12.9. The van der Waals surface area contributed by atoms with Crippen LogP contribution in [-0.2, 0) is 15.3 Å². The Kier molecular flexibility index (Phi) is 12.1. The molecule has 0 aromatic carbocycles. The Hall–Kier alpha value is -2.92. The first kappa shape index (κ1) is 27.3. The molecule has 0 saturated heterocycles. The molecular formula is C19H22CoN8-6. The van der Waals surface area contributed by atoms with Crippen LogP contribution in [0.15, 0.2) is 75.7 Å². The molecular weight excluding hydrogens is 399 g/mol. The zero-order valence-corrected chi connectivity index (χ0v) is 16.0. The molecule has 8 nitrogen and oxygen atoms in total. The van der Waals surface area contributed by atoms with Gasteiger partial charge >= 0.3 is 118 Å². The van der Waals surface area contributed by atoms with Crippen molar-refractivity contribution in [3.8, 4) is 0 Å². The number of nitrogens with one attached hydrogen (secondary N) is 2. The summed E-state index contributed by atoms with van der Waals surface area (Å²) in [7, 11) is 0. The van der Waals surface area contributed by atoms with Crippen LogP contribution in [0.25, 0.3) is 42.5 Å². The Morgan fingerprint density at radius 2 is 1.46 bits per heavy atom. The summed E-state index contributed by atoms with van der Waals surface area (Å²) in [6.07, 6.45) is 14.5. The third-order valence-corrected chi connectivity index (χ3v) is 3.59. The number of nitrogens with two attached hydrogens (primary N) is 4. The quantitative estimate of drug-likeness (QED) is 0.383. The Morgan fingerprint density at radius 3 is 2.07 bits per heavy atom. The molecule has 2 aliphatic rings. The van der Waals surface area contributed by atoms with E-state index in [0.29, 0.717) is 0 Å². The molecule has 0 spiro atoms. The van der Waals surface area contributed by atoms with Gasteiger partial charge in [0.2, 0.25) is 0 Å². The minimum atomic E-state index is 0. The first-order valence-corrected chi connectivity index (χ1v) is 7.81. The smallest absolute Gasteiger partial charge is 0.693 e. The fourth-order valence-corrected chi connectivity index (χ4v) is 2.38. The Morgan fingerprint density at radius 1 is 0.893 bits per heavy atom. The maximum atomic E-state index is 7.54. The molecule has 3 heterocycles. The summed E-state index contributed by atoms with van der Waals surface area (Å²) in [6.45, 7) is 5.30. The third kappa shape index (κ3) is 7.00. The van der Waals surface area contributed by atoms with Crippen molar-refractivity contribution in [2.45, 2.75) is 0 Å². The summed E-state index contributed by atoms with van der Waals surface area (Å²) >= 11 is 4.14. The molecule has 3 rings (SSSR count). The molecule has 0 saturated carbocycles. The summed E-state index contributed by atoms with van der Waals surface area (Å²) in [5, 5.41) is 0. The maximum Gasteiger partial charge on any atom is -0.693 e. The van der Waals surface area contributed by atoms with Crippen LogP contribution < -0.4 is 0 Å². The van der Waals surface area contributed by atoms with Crippen molar-refractivity contribution in [2.24, 2.45) is 9.98 Å². The van der Waals surface area contributed by atoms with E-state index < -0.39 is 0 Å². The fraction of sp³-hybridized carbons (Fsp3) is 0. The zero-order valence-electron chi connectivity index (χ0n) is 15.0. The molecule has 0 aliphatic carbocycles. The van der Waals surface area contributed by atoms with Gasteiger partial charge in [-0.3, -0.25) is 12.7 Å². The van der Waals surface area contributed by atoms with Crippen molar-refractivity contribution in [3.05, 3.63) is 114 Å². The number of allylic oxidation sites excluding steroid dienone is 6. The van der Waals surface area contributed by atoms with Crippen molar-refractivity contribution >= 4 is 28.5 Å². The Bertz CT molecular complexity index is 910. The van der Waals surface area contributed by atoms with E-state index in [4.69, 9.17) is 12.3 Å². The van der Waals surface area contributed by atoms with Gasteiger partial charge in [0.05, 0.1) is 0 Å². The van der Waals surface area contributed by atoms with E-state index in [0.717, 1.165) is 34.2 Å². The molecule has 153 valence electrons. The van der Waals surface area contributed by atoms with E-state index in [1.54, 1.807) is 11.0 Å². The molecule has 28 heavy (non-hydrogen) atoms. The van der Waals surface area contributed by atoms with Gasteiger partial charge in [0.1, 0.15) is 0 Å². The average Bonchev–Trinajstić information content (AvgIpc) is 3.30. The van der Waals surface area contributed by atoms with Crippen LogP contribution in [-0.4, -0.2) is 21.4 Å². The second-order valence-electron chi connectivity index (χ2n) is 5.11. The first-order valence-electron chi connectivity index (χ1n) is 7.21. The van der Waals surface area contributed by atoms with E-state index in [9.17, 15) is 0 Å². The predicted molar refractivity (Wildman–Crippen MR) is 118 cm³/mol. The van der Waals surface area contributed by atoms with Gasteiger partial charge in [0.25, 0.3) is 0 Å². The second-order valence-corrected chi connectivity index (χ2v) is 5.41. The molecule has 1 aromatic heterocycles. The van der Waals surface area contributed by atoms with Crippen molar-refractivity contribution in [2.75, 3.05) is 0 Å². The van der Waals surface area contributed by atoms with E-state index in [1.807, 2.05) is 48.6 Å². The molecule has 0 unspecified atom stereocenters. The molecule has 0 amide bonds. The van der Waals surface area contributed by atoms with Gasteiger partial charge in [-0.25, -0.2) is 0 Å². The van der Waals surface area contributed by atoms with Crippen LogP contribution in [0.1, 0.15) is 11.4 Å². The maximum absolute atomic E-state index is 7.54. The molecule has 9 heteroatoms. The Balaban J connectivity index is 0. The van der Waals surface area contributed by atoms with Gasteiger partial charge in [0.15, 0.2) is 0 Å². The van der Waals surface area contributed by atoms with Crippen molar-refractivity contribution < 1.29 is 15.3 Å². The molecule has 0 atom stereocenters. The van der Waals surface area contributed by atoms with Crippen LogP contribution in [0.2, 0.25) is 0 Å². The van der Waals surface area contributed by atoms with Crippen molar-refractivity contribution in [1.82, 2.24) is 4.98 Å². The summed E-state index contributed by atoms with van der Waals surface area (Å²) in [5.74, 6) is 0. The van der Waals surface area contributed by atoms with Gasteiger partial charge in [0, 0.05) is 0 Å². The van der Waals surface area contributed by atoms with Crippen molar-refractivity contribution in [1.29, 1.82) is 0 Å². The minimum Gasteiger partial charge on any atom is -0.693 e. The topological polar surface area (TPSA) is 198 Å². The van der Waals surface area contributed by atoms with Crippen LogP contribution in [0.5, 0.6) is 0 Å². The number of H-pyrrole nitrogens is 1. The first-order chi connectivity index (χ1) is 11.7. The van der Waals surface area contributed by atoms with Crippen LogP contribution in [0.4, 0.5) is 0 Å². The largest absolute Gasteiger partial charge is 0.693 e. The second kappa shape index (κ2) is 12.5. The molecule has 10 N–H and O–H groups in total. The SMILES string of the molecule is [CH-]=CC([NH-])=Cc1ccc(C=C2C=CC(C=C3C=CC([CH]=[Co])=N3)=N2)[nH]1.[NH2-].[NH2-].[NH2-].[NH2-]. The van der Waals surface area contributed by atoms with E-state index in [-0.39, 0.29) is 30.3 Å². The number of nitrogens with zero attached hydrogens (tertiary/aromatic N) is 2. The summed E-state index contributed by atoms with van der Waals surface area (Å²) in [6, 6.07) is 3.82. The summed E-state index contributed by atoms with van der Waals surface area (Å²) in [4.78, 5) is 13.8.